The molecule has 110 valence electrons. The van der Waals surface area contributed by atoms with E-state index in [0.29, 0.717) is 23.9 Å². The highest BCUT2D eigenvalue weighted by Crippen LogP contribution is 2.25. The molecule has 0 aliphatic rings. The monoisotopic (exact) mass is 293 g/mol. The van der Waals surface area contributed by atoms with Gasteiger partial charge in [-0.3, -0.25) is 4.79 Å². The van der Waals surface area contributed by atoms with Crippen molar-refractivity contribution >= 4 is 27.2 Å². The number of aliphatic hydroxyl groups is 1. The van der Waals surface area contributed by atoms with Crippen LogP contribution in [0.25, 0.3) is 27.2 Å². The van der Waals surface area contributed by atoms with Crippen LogP contribution in [0.2, 0.25) is 0 Å². The van der Waals surface area contributed by atoms with E-state index in [1.165, 1.54) is 0 Å². The van der Waals surface area contributed by atoms with Crippen molar-refractivity contribution in [1.29, 1.82) is 0 Å². The molecule has 2 heterocycles. The standard InChI is InChI=1S/C17H15N3O2/c21-9-8-18-10-14-11-5-3-6-13-16(11)20(19-14)15-7-2-1-4-12(15)17(13)22/h1-7,18,21H,8-10H2. The van der Waals surface area contributed by atoms with Gasteiger partial charge in [0.1, 0.15) is 0 Å². The molecule has 0 atom stereocenters. The lowest BCUT2D eigenvalue weighted by atomic mass is 10.1. The first kappa shape index (κ1) is 13.2. The number of benzene rings is 2. The molecule has 0 saturated heterocycles. The van der Waals surface area contributed by atoms with E-state index in [1.54, 1.807) is 0 Å². The van der Waals surface area contributed by atoms with E-state index in [-0.39, 0.29) is 12.0 Å². The topological polar surface area (TPSA) is 66.6 Å². The normalized spacial score (nSPS) is 11.9. The molecule has 5 nitrogen and oxygen atoms in total. The summed E-state index contributed by atoms with van der Waals surface area (Å²) < 4.78 is 1.86. The molecule has 2 N–H and O–H groups in total. The number of fused-ring (bicyclic) bond motifs is 2. The fraction of sp³-hybridized carbons (Fsp3) is 0.176. The number of rotatable bonds is 4. The molecule has 0 saturated carbocycles. The van der Waals surface area contributed by atoms with Gasteiger partial charge in [0.05, 0.1) is 23.3 Å². The Balaban J connectivity index is 2.08. The maximum atomic E-state index is 12.7. The second-order valence-electron chi connectivity index (χ2n) is 5.31. The van der Waals surface area contributed by atoms with E-state index in [9.17, 15) is 4.79 Å². The van der Waals surface area contributed by atoms with Crippen molar-refractivity contribution in [2.45, 2.75) is 6.54 Å². The number of pyridine rings is 1. The Bertz CT molecular complexity index is 1020. The number of hydrogen-bond donors (Lipinski definition) is 2. The van der Waals surface area contributed by atoms with E-state index in [2.05, 4.69) is 10.4 Å². The van der Waals surface area contributed by atoms with Crippen molar-refractivity contribution in [3.63, 3.8) is 0 Å². The first-order valence-corrected chi connectivity index (χ1v) is 7.27. The predicted molar refractivity (Wildman–Crippen MR) is 86.5 cm³/mol. The van der Waals surface area contributed by atoms with Crippen molar-refractivity contribution in [1.82, 2.24) is 14.9 Å². The Hall–Kier alpha value is -2.50. The van der Waals surface area contributed by atoms with Crippen LogP contribution < -0.4 is 10.7 Å². The molecular formula is C17H15N3O2. The Morgan fingerprint density at radius 1 is 1.05 bits per heavy atom. The summed E-state index contributed by atoms with van der Waals surface area (Å²) in [4.78, 5) is 12.7. The SMILES string of the molecule is O=c1c2ccccc2n2nc(CNCCO)c3cccc1c32. The molecule has 4 rings (SSSR count). The van der Waals surface area contributed by atoms with Crippen LogP contribution >= 0.6 is 0 Å². The lowest BCUT2D eigenvalue weighted by Gasteiger charge is -2.03. The average Bonchev–Trinajstić information content (AvgIpc) is 2.93. The number of nitrogens with one attached hydrogen (secondary N) is 1. The predicted octanol–water partition coefficient (Wildman–Crippen LogP) is 1.52. The minimum atomic E-state index is 0.0449. The van der Waals surface area contributed by atoms with Gasteiger partial charge < -0.3 is 10.4 Å². The number of aliphatic hydroxyl groups excluding tert-OH is 1. The zero-order valence-electron chi connectivity index (χ0n) is 11.9. The molecule has 0 amide bonds. The second kappa shape index (κ2) is 5.05. The van der Waals surface area contributed by atoms with Crippen LogP contribution in [0.15, 0.2) is 47.3 Å². The summed E-state index contributed by atoms with van der Waals surface area (Å²) in [5.74, 6) is 0. The third-order valence-corrected chi connectivity index (χ3v) is 3.98. The molecule has 0 bridgehead atoms. The van der Waals surface area contributed by atoms with Gasteiger partial charge in [-0.1, -0.05) is 24.3 Å². The molecule has 5 heteroatoms. The van der Waals surface area contributed by atoms with E-state index in [1.807, 2.05) is 47.0 Å². The fourth-order valence-electron chi connectivity index (χ4n) is 3.00. The molecule has 0 unspecified atom stereocenters. The third kappa shape index (κ3) is 1.80. The van der Waals surface area contributed by atoms with Crippen molar-refractivity contribution < 1.29 is 5.11 Å². The van der Waals surface area contributed by atoms with E-state index < -0.39 is 0 Å². The summed E-state index contributed by atoms with van der Waals surface area (Å²) in [6.07, 6.45) is 0. The second-order valence-corrected chi connectivity index (χ2v) is 5.31. The van der Waals surface area contributed by atoms with E-state index in [0.717, 1.165) is 22.1 Å². The first-order chi connectivity index (χ1) is 10.8. The Morgan fingerprint density at radius 2 is 1.82 bits per heavy atom. The molecule has 0 radical (unpaired) electrons. The zero-order chi connectivity index (χ0) is 15.1. The van der Waals surface area contributed by atoms with Crippen LogP contribution in [0.5, 0.6) is 0 Å². The molecule has 0 fully saturated rings. The average molecular weight is 293 g/mol. The largest absolute Gasteiger partial charge is 0.395 e. The van der Waals surface area contributed by atoms with Gasteiger partial charge in [0.15, 0.2) is 5.43 Å². The quantitative estimate of drug-likeness (QED) is 0.442. The van der Waals surface area contributed by atoms with Gasteiger partial charge in [-0.25, -0.2) is 4.52 Å². The van der Waals surface area contributed by atoms with Crippen LogP contribution in [0.1, 0.15) is 5.69 Å². The van der Waals surface area contributed by atoms with Crippen molar-refractivity contribution in [2.24, 2.45) is 0 Å². The van der Waals surface area contributed by atoms with Gasteiger partial charge in [0.25, 0.3) is 0 Å². The van der Waals surface area contributed by atoms with E-state index >= 15 is 0 Å². The molecule has 0 aliphatic heterocycles. The zero-order valence-corrected chi connectivity index (χ0v) is 11.9. The summed E-state index contributed by atoms with van der Waals surface area (Å²) in [5.41, 5.74) is 2.62. The third-order valence-electron chi connectivity index (χ3n) is 3.98. The smallest absolute Gasteiger partial charge is 0.197 e. The van der Waals surface area contributed by atoms with Crippen molar-refractivity contribution in [3.8, 4) is 0 Å². The lowest BCUT2D eigenvalue weighted by molar-refractivity contribution is 0.291. The van der Waals surface area contributed by atoms with Crippen molar-refractivity contribution in [2.75, 3.05) is 13.2 Å². The van der Waals surface area contributed by atoms with Crippen LogP contribution in [-0.4, -0.2) is 27.9 Å². The van der Waals surface area contributed by atoms with Crippen LogP contribution in [0.3, 0.4) is 0 Å². The Kier molecular flexibility index (Phi) is 3.03. The molecule has 2 aromatic carbocycles. The van der Waals surface area contributed by atoms with Crippen LogP contribution in [0.4, 0.5) is 0 Å². The molecule has 2 aromatic heterocycles. The summed E-state index contributed by atoms with van der Waals surface area (Å²) in [7, 11) is 0. The Labute approximate surface area is 126 Å². The number of hydrogen-bond acceptors (Lipinski definition) is 4. The number of para-hydroxylation sites is 2. The van der Waals surface area contributed by atoms with Crippen LogP contribution in [-0.2, 0) is 6.54 Å². The molecule has 0 spiro atoms. The Morgan fingerprint density at radius 3 is 2.68 bits per heavy atom. The summed E-state index contributed by atoms with van der Waals surface area (Å²) in [6.45, 7) is 1.17. The van der Waals surface area contributed by atoms with Gasteiger partial charge in [-0.2, -0.15) is 5.10 Å². The first-order valence-electron chi connectivity index (χ1n) is 7.27. The maximum Gasteiger partial charge on any atom is 0.197 e. The van der Waals surface area contributed by atoms with Gasteiger partial charge in [-0.15, -0.1) is 0 Å². The highest BCUT2D eigenvalue weighted by Gasteiger charge is 2.16. The summed E-state index contributed by atoms with van der Waals surface area (Å²) in [5, 5.41) is 19.1. The van der Waals surface area contributed by atoms with Gasteiger partial charge in [0.2, 0.25) is 0 Å². The highest BCUT2D eigenvalue weighted by atomic mass is 16.3. The number of aromatic nitrogens is 2. The summed E-state index contributed by atoms with van der Waals surface area (Å²) in [6, 6.07) is 13.3. The van der Waals surface area contributed by atoms with Gasteiger partial charge in [0, 0.05) is 29.2 Å². The van der Waals surface area contributed by atoms with Gasteiger partial charge >= 0.3 is 0 Å². The fourth-order valence-corrected chi connectivity index (χ4v) is 3.00. The minimum Gasteiger partial charge on any atom is -0.395 e. The number of nitrogens with zero attached hydrogens (tertiary/aromatic N) is 2. The van der Waals surface area contributed by atoms with Crippen LogP contribution in [0, 0.1) is 0 Å². The van der Waals surface area contributed by atoms with Crippen molar-refractivity contribution in [3.05, 3.63) is 58.4 Å². The molecule has 22 heavy (non-hydrogen) atoms. The lowest BCUT2D eigenvalue weighted by Crippen LogP contribution is -2.17. The summed E-state index contributed by atoms with van der Waals surface area (Å²) >= 11 is 0. The molecular weight excluding hydrogens is 278 g/mol. The van der Waals surface area contributed by atoms with E-state index in [4.69, 9.17) is 5.11 Å². The minimum absolute atomic E-state index is 0.0449. The highest BCUT2D eigenvalue weighted by molar-refractivity contribution is 6.03. The maximum absolute atomic E-state index is 12.7. The molecule has 0 aliphatic carbocycles. The van der Waals surface area contributed by atoms with Gasteiger partial charge in [-0.05, 0) is 18.2 Å². The molecule has 4 aromatic rings.